The fourth-order valence-corrected chi connectivity index (χ4v) is 4.08. The first-order chi connectivity index (χ1) is 10.7. The quantitative estimate of drug-likeness (QED) is 0.927. The molecule has 2 heterocycles. The zero-order chi connectivity index (χ0) is 15.5. The van der Waals surface area contributed by atoms with Crippen LogP contribution in [0.5, 0.6) is 0 Å². The van der Waals surface area contributed by atoms with E-state index in [1.54, 1.807) is 23.2 Å². The van der Waals surface area contributed by atoms with Gasteiger partial charge in [0.2, 0.25) is 5.91 Å². The summed E-state index contributed by atoms with van der Waals surface area (Å²) in [5.41, 5.74) is 1.14. The van der Waals surface area contributed by atoms with Crippen molar-refractivity contribution in [3.63, 3.8) is 0 Å². The molecule has 0 aromatic carbocycles. The number of rotatable bonds is 3. The Morgan fingerprint density at radius 3 is 3.05 bits per heavy atom. The molecule has 1 N–H and O–H groups in total. The maximum Gasteiger partial charge on any atom is 0.409 e. The van der Waals surface area contributed by atoms with Gasteiger partial charge in [-0.1, -0.05) is 0 Å². The highest BCUT2D eigenvalue weighted by molar-refractivity contribution is 7.15. The summed E-state index contributed by atoms with van der Waals surface area (Å²) in [5, 5.41) is 3.62. The summed E-state index contributed by atoms with van der Waals surface area (Å²) in [7, 11) is 0. The van der Waals surface area contributed by atoms with E-state index in [-0.39, 0.29) is 17.9 Å². The number of carbonyl (C=O) groups is 2. The van der Waals surface area contributed by atoms with Crippen molar-refractivity contribution in [3.8, 4) is 0 Å². The van der Waals surface area contributed by atoms with Crippen LogP contribution in [-0.4, -0.2) is 41.6 Å². The number of ether oxygens (including phenoxy) is 1. The molecule has 1 aromatic rings. The number of aromatic nitrogens is 1. The van der Waals surface area contributed by atoms with Crippen molar-refractivity contribution in [1.29, 1.82) is 0 Å². The van der Waals surface area contributed by atoms with Crippen LogP contribution < -0.4 is 5.32 Å². The number of piperidine rings is 1. The van der Waals surface area contributed by atoms with Crippen LogP contribution >= 0.6 is 11.3 Å². The van der Waals surface area contributed by atoms with E-state index < -0.39 is 0 Å². The number of thiazole rings is 1. The van der Waals surface area contributed by atoms with E-state index in [1.165, 1.54) is 11.3 Å². The Morgan fingerprint density at radius 2 is 2.27 bits per heavy atom. The molecule has 1 fully saturated rings. The fraction of sp³-hybridized carbons (Fsp3) is 0.667. The van der Waals surface area contributed by atoms with E-state index >= 15 is 0 Å². The first kappa shape index (κ1) is 15.3. The van der Waals surface area contributed by atoms with Gasteiger partial charge in [0.15, 0.2) is 5.13 Å². The summed E-state index contributed by atoms with van der Waals surface area (Å²) >= 11 is 1.58. The topological polar surface area (TPSA) is 71.5 Å². The summed E-state index contributed by atoms with van der Waals surface area (Å²) in [6.07, 6.45) is 4.55. The molecule has 1 saturated heterocycles. The molecule has 1 aromatic heterocycles. The van der Waals surface area contributed by atoms with Crippen LogP contribution in [0.25, 0.3) is 0 Å². The molecule has 120 valence electrons. The molecule has 0 spiro atoms. The monoisotopic (exact) mass is 323 g/mol. The molecule has 6 nitrogen and oxygen atoms in total. The average Bonchev–Trinajstić information content (AvgIpc) is 3.09. The second-order valence-corrected chi connectivity index (χ2v) is 6.80. The Labute approximate surface area is 133 Å². The van der Waals surface area contributed by atoms with Gasteiger partial charge in [-0.15, -0.1) is 11.3 Å². The van der Waals surface area contributed by atoms with Gasteiger partial charge in [-0.25, -0.2) is 9.78 Å². The molecule has 0 saturated carbocycles. The second kappa shape index (κ2) is 6.64. The lowest BCUT2D eigenvalue weighted by atomic mass is 9.97. The third kappa shape index (κ3) is 3.24. The number of anilines is 1. The largest absolute Gasteiger partial charge is 0.450 e. The van der Waals surface area contributed by atoms with Crippen LogP contribution in [0, 0.1) is 5.92 Å². The molecule has 1 atom stereocenters. The zero-order valence-corrected chi connectivity index (χ0v) is 13.6. The van der Waals surface area contributed by atoms with Gasteiger partial charge < -0.3 is 15.0 Å². The number of likely N-dealkylation sites (tertiary alicyclic amines) is 1. The molecule has 2 aliphatic rings. The maximum atomic E-state index is 12.4. The summed E-state index contributed by atoms with van der Waals surface area (Å²) < 4.78 is 5.01. The minimum Gasteiger partial charge on any atom is -0.450 e. The molecule has 0 unspecified atom stereocenters. The first-order valence-electron chi connectivity index (χ1n) is 7.88. The van der Waals surface area contributed by atoms with Gasteiger partial charge in [0.1, 0.15) is 0 Å². The van der Waals surface area contributed by atoms with Crippen molar-refractivity contribution in [2.45, 2.75) is 39.0 Å². The summed E-state index contributed by atoms with van der Waals surface area (Å²) in [5.74, 6) is -0.224. The Bertz CT molecular complexity index is 551. The highest BCUT2D eigenvalue weighted by Gasteiger charge is 2.30. The average molecular weight is 323 g/mol. The van der Waals surface area contributed by atoms with Crippen LogP contribution in [0.4, 0.5) is 9.93 Å². The van der Waals surface area contributed by atoms with Gasteiger partial charge >= 0.3 is 6.09 Å². The molecule has 1 aliphatic heterocycles. The van der Waals surface area contributed by atoms with E-state index in [0.717, 1.165) is 31.4 Å². The number of amides is 2. The van der Waals surface area contributed by atoms with Crippen molar-refractivity contribution < 1.29 is 14.3 Å². The minimum absolute atomic E-state index is 0.0404. The van der Waals surface area contributed by atoms with Crippen molar-refractivity contribution in [2.75, 3.05) is 25.0 Å². The van der Waals surface area contributed by atoms with E-state index in [4.69, 9.17) is 4.74 Å². The Kier molecular flexibility index (Phi) is 4.61. The molecule has 1 aliphatic carbocycles. The molecule has 0 radical (unpaired) electrons. The first-order valence-corrected chi connectivity index (χ1v) is 8.70. The Morgan fingerprint density at radius 1 is 1.41 bits per heavy atom. The SMILES string of the molecule is CCOC(=O)N1CCC[C@H](C(=O)Nc2nc3c(s2)CCC3)C1. The molecule has 22 heavy (non-hydrogen) atoms. The Balaban J connectivity index is 1.58. The smallest absolute Gasteiger partial charge is 0.409 e. The third-order valence-corrected chi connectivity index (χ3v) is 5.22. The lowest BCUT2D eigenvalue weighted by Crippen LogP contribution is -2.44. The van der Waals surface area contributed by atoms with E-state index in [2.05, 4.69) is 10.3 Å². The van der Waals surface area contributed by atoms with Crippen molar-refractivity contribution in [2.24, 2.45) is 5.92 Å². The number of aryl methyl sites for hydroxylation is 2. The van der Waals surface area contributed by atoms with E-state index in [1.807, 2.05) is 0 Å². The van der Waals surface area contributed by atoms with Crippen LogP contribution in [0.1, 0.15) is 36.8 Å². The summed E-state index contributed by atoms with van der Waals surface area (Å²) in [6, 6.07) is 0. The van der Waals surface area contributed by atoms with E-state index in [0.29, 0.717) is 24.8 Å². The predicted molar refractivity (Wildman–Crippen MR) is 84.1 cm³/mol. The summed E-state index contributed by atoms with van der Waals surface area (Å²) in [4.78, 5) is 31.6. The van der Waals surface area contributed by atoms with Crippen LogP contribution in [-0.2, 0) is 22.4 Å². The minimum atomic E-state index is -0.326. The Hall–Kier alpha value is -1.63. The molecule has 2 amide bonds. The maximum absolute atomic E-state index is 12.4. The van der Waals surface area contributed by atoms with Gasteiger partial charge in [-0.3, -0.25) is 4.79 Å². The van der Waals surface area contributed by atoms with Crippen molar-refractivity contribution in [3.05, 3.63) is 10.6 Å². The lowest BCUT2D eigenvalue weighted by Gasteiger charge is -2.30. The number of hydrogen-bond acceptors (Lipinski definition) is 5. The third-order valence-electron chi connectivity index (χ3n) is 4.14. The normalized spacial score (nSPS) is 20.6. The van der Waals surface area contributed by atoms with Gasteiger partial charge in [0.05, 0.1) is 18.2 Å². The molecule has 3 rings (SSSR count). The lowest BCUT2D eigenvalue weighted by molar-refractivity contribution is -0.121. The van der Waals surface area contributed by atoms with Crippen molar-refractivity contribution in [1.82, 2.24) is 9.88 Å². The van der Waals surface area contributed by atoms with Crippen LogP contribution in [0.3, 0.4) is 0 Å². The summed E-state index contributed by atoms with van der Waals surface area (Å²) in [6.45, 7) is 3.23. The number of nitrogens with one attached hydrogen (secondary N) is 1. The van der Waals surface area contributed by atoms with E-state index in [9.17, 15) is 9.59 Å². The van der Waals surface area contributed by atoms with Gasteiger partial charge in [-0.05, 0) is 39.0 Å². The van der Waals surface area contributed by atoms with Crippen LogP contribution in [0.15, 0.2) is 0 Å². The molecular weight excluding hydrogens is 302 g/mol. The molecule has 7 heteroatoms. The second-order valence-electron chi connectivity index (χ2n) is 5.72. The van der Waals surface area contributed by atoms with Crippen molar-refractivity contribution >= 4 is 28.5 Å². The molecule has 0 bridgehead atoms. The number of carbonyl (C=O) groups excluding carboxylic acids is 2. The number of fused-ring (bicyclic) bond motifs is 1. The molecular formula is C15H21N3O3S. The highest BCUT2D eigenvalue weighted by atomic mass is 32.1. The fourth-order valence-electron chi connectivity index (χ4n) is 3.02. The van der Waals surface area contributed by atoms with Gasteiger partial charge in [0, 0.05) is 18.0 Å². The van der Waals surface area contributed by atoms with Gasteiger partial charge in [-0.2, -0.15) is 0 Å². The zero-order valence-electron chi connectivity index (χ0n) is 12.8. The predicted octanol–water partition coefficient (Wildman–Crippen LogP) is 2.44. The van der Waals surface area contributed by atoms with Gasteiger partial charge in [0.25, 0.3) is 0 Å². The van der Waals surface area contributed by atoms with Crippen LogP contribution in [0.2, 0.25) is 0 Å². The number of nitrogens with zero attached hydrogens (tertiary/aromatic N) is 2. The number of hydrogen-bond donors (Lipinski definition) is 1. The highest BCUT2D eigenvalue weighted by Crippen LogP contribution is 2.31. The standard InChI is InChI=1S/C15H21N3O3S/c1-2-21-15(20)18-8-4-5-10(9-18)13(19)17-14-16-11-6-3-7-12(11)22-14/h10H,2-9H2,1H3,(H,16,17,19)/t10-/m0/s1.